The number of carbonyl (C=O) groups excluding carboxylic acids is 1. The number of likely N-dealkylation sites (tertiary alicyclic amines) is 1. The van der Waals surface area contributed by atoms with Gasteiger partial charge < -0.3 is 4.74 Å². The molecule has 1 atom stereocenters. The Morgan fingerprint density at radius 1 is 1.05 bits per heavy atom. The Morgan fingerprint density at radius 2 is 1.74 bits per heavy atom. The van der Waals surface area contributed by atoms with Crippen molar-refractivity contribution in [1.82, 2.24) is 9.62 Å². The van der Waals surface area contributed by atoms with Crippen LogP contribution >= 0.6 is 23.2 Å². The molecule has 3 aromatic rings. The summed E-state index contributed by atoms with van der Waals surface area (Å²) in [4.78, 5) is 13.3. The number of sulfonamides is 1. The molecule has 2 aliphatic rings. The quantitative estimate of drug-likeness (QED) is 0.287. The first-order valence-corrected chi connectivity index (χ1v) is 15.8. The number of hydrogen-bond donors (Lipinski definition) is 1. The van der Waals surface area contributed by atoms with Gasteiger partial charge in [-0.25, -0.2) is 21.9 Å². The lowest BCUT2D eigenvalue weighted by atomic mass is 9.90. The predicted molar refractivity (Wildman–Crippen MR) is 159 cm³/mol. The van der Waals surface area contributed by atoms with Crippen molar-refractivity contribution in [3.05, 3.63) is 99.6 Å². The summed E-state index contributed by atoms with van der Waals surface area (Å²) in [7, 11) is -4.67. The minimum atomic E-state index is -4.67. The van der Waals surface area contributed by atoms with E-state index in [9.17, 15) is 22.0 Å². The zero-order valence-corrected chi connectivity index (χ0v) is 25.2. The highest BCUT2D eigenvalue weighted by atomic mass is 35.5. The number of benzene rings is 3. The lowest BCUT2D eigenvalue weighted by Crippen LogP contribution is -2.54. The number of hydrogen-bond acceptors (Lipinski definition) is 5. The van der Waals surface area contributed by atoms with Gasteiger partial charge in [-0.3, -0.25) is 9.69 Å². The summed E-state index contributed by atoms with van der Waals surface area (Å²) >= 11 is 12.7. The predicted octanol–water partition coefficient (Wildman–Crippen LogP) is 6.21. The van der Waals surface area contributed by atoms with Gasteiger partial charge in [-0.15, -0.1) is 0 Å². The van der Waals surface area contributed by atoms with Crippen LogP contribution in [0.1, 0.15) is 30.0 Å². The summed E-state index contributed by atoms with van der Waals surface area (Å²) in [5.74, 6) is -2.81. The average Bonchev–Trinajstić information content (AvgIpc) is 2.91. The van der Waals surface area contributed by atoms with Crippen LogP contribution in [0.15, 0.2) is 71.1 Å². The molecule has 222 valence electrons. The molecule has 1 amide bonds. The molecule has 1 aliphatic heterocycles. The van der Waals surface area contributed by atoms with E-state index in [0.717, 1.165) is 64.9 Å². The van der Waals surface area contributed by atoms with Gasteiger partial charge in [0.1, 0.15) is 17.4 Å². The summed E-state index contributed by atoms with van der Waals surface area (Å²) in [6, 6.07) is 16.5. The fourth-order valence-corrected chi connectivity index (χ4v) is 6.92. The van der Waals surface area contributed by atoms with Gasteiger partial charge in [-0.1, -0.05) is 48.3 Å². The van der Waals surface area contributed by atoms with Gasteiger partial charge in [0.25, 0.3) is 10.0 Å². The fourth-order valence-electron chi connectivity index (χ4n) is 5.28. The molecule has 1 fully saturated rings. The van der Waals surface area contributed by atoms with Crippen LogP contribution in [0.2, 0.25) is 5.02 Å². The van der Waals surface area contributed by atoms with Crippen LogP contribution in [0, 0.1) is 23.5 Å². The van der Waals surface area contributed by atoms with Crippen molar-refractivity contribution < 1.29 is 26.7 Å². The van der Waals surface area contributed by atoms with E-state index in [1.807, 2.05) is 52.1 Å². The third kappa shape index (κ3) is 6.97. The standard InChI is InChI=1S/C31H30Cl2F2N2O4S/c1-19(13-20-5-9-24(32)10-6-20)18-41-25-11-12-26-21(14-25)7-8-22(29(26)33)15-37-16-23(17-37)31(38)36-42(39,40)30-27(34)3-2-4-28(30)35/h2-6,9-12,14,19,23H,7-8,13,15-18H2,1H3,(H,36,38)/t19-/m0/s1. The summed E-state index contributed by atoms with van der Waals surface area (Å²) in [6.45, 7) is 3.88. The maximum Gasteiger partial charge on any atom is 0.269 e. The Morgan fingerprint density at radius 3 is 2.43 bits per heavy atom. The van der Waals surface area contributed by atoms with E-state index in [-0.39, 0.29) is 0 Å². The van der Waals surface area contributed by atoms with Crippen molar-refractivity contribution in [2.45, 2.75) is 31.1 Å². The van der Waals surface area contributed by atoms with E-state index in [0.29, 0.717) is 37.2 Å². The number of nitrogens with zero attached hydrogens (tertiary/aromatic N) is 1. The number of amides is 1. The molecule has 42 heavy (non-hydrogen) atoms. The highest BCUT2D eigenvalue weighted by molar-refractivity contribution is 7.90. The summed E-state index contributed by atoms with van der Waals surface area (Å²) in [6.07, 6.45) is 2.43. The van der Waals surface area contributed by atoms with E-state index >= 15 is 0 Å². The minimum absolute atomic E-state index is 0.308. The molecule has 0 unspecified atom stereocenters. The summed E-state index contributed by atoms with van der Waals surface area (Å²) in [5.41, 5.74) is 4.31. The SMILES string of the molecule is C[C@H](COc1ccc2c(c1)CCC(CN1CC(C(=O)NS(=O)(=O)c3c(F)cccc3F)C1)=C2Cl)Cc1ccc(Cl)cc1. The van der Waals surface area contributed by atoms with E-state index in [1.54, 1.807) is 0 Å². The van der Waals surface area contributed by atoms with Gasteiger partial charge in [0.05, 0.1) is 12.5 Å². The Labute approximate surface area is 254 Å². The van der Waals surface area contributed by atoms with Crippen molar-refractivity contribution in [3.8, 4) is 5.75 Å². The van der Waals surface area contributed by atoms with Crippen LogP contribution in [0.3, 0.4) is 0 Å². The molecule has 0 saturated carbocycles. The van der Waals surface area contributed by atoms with E-state index in [4.69, 9.17) is 27.9 Å². The van der Waals surface area contributed by atoms with Crippen molar-refractivity contribution in [2.75, 3.05) is 26.2 Å². The van der Waals surface area contributed by atoms with Gasteiger partial charge in [-0.05, 0) is 89.9 Å². The van der Waals surface area contributed by atoms with Crippen LogP contribution in [0.5, 0.6) is 5.75 Å². The van der Waals surface area contributed by atoms with Crippen LogP contribution in [0.4, 0.5) is 8.78 Å². The molecule has 0 aromatic heterocycles. The summed E-state index contributed by atoms with van der Waals surface area (Å²) in [5, 5.41) is 1.39. The molecule has 0 bridgehead atoms. The number of aryl methyl sites for hydroxylation is 1. The molecule has 0 spiro atoms. The van der Waals surface area contributed by atoms with Crippen LogP contribution in [-0.4, -0.2) is 45.5 Å². The monoisotopic (exact) mass is 634 g/mol. The zero-order valence-electron chi connectivity index (χ0n) is 22.9. The average molecular weight is 636 g/mol. The number of rotatable bonds is 10. The number of ether oxygens (including phenoxy) is 1. The van der Waals surface area contributed by atoms with Crippen molar-refractivity contribution >= 4 is 44.2 Å². The third-order valence-electron chi connectivity index (χ3n) is 7.52. The first kappa shape index (κ1) is 30.5. The van der Waals surface area contributed by atoms with Crippen molar-refractivity contribution in [3.63, 3.8) is 0 Å². The number of halogens is 4. The van der Waals surface area contributed by atoms with Crippen LogP contribution < -0.4 is 9.46 Å². The van der Waals surface area contributed by atoms with Gasteiger partial charge >= 0.3 is 0 Å². The maximum absolute atomic E-state index is 13.9. The highest BCUT2D eigenvalue weighted by Crippen LogP contribution is 2.37. The molecule has 1 N–H and O–H groups in total. The van der Waals surface area contributed by atoms with E-state index in [2.05, 4.69) is 6.92 Å². The van der Waals surface area contributed by atoms with Gasteiger partial charge in [0.15, 0.2) is 4.90 Å². The zero-order chi connectivity index (χ0) is 30.0. The Bertz CT molecular complexity index is 1600. The second kappa shape index (κ2) is 12.7. The fraction of sp³-hybridized carbons (Fsp3) is 0.323. The topological polar surface area (TPSA) is 75.7 Å². The van der Waals surface area contributed by atoms with Crippen LogP contribution in [0.25, 0.3) is 5.03 Å². The van der Waals surface area contributed by atoms with Gasteiger partial charge in [0, 0.05) is 29.7 Å². The molecule has 1 heterocycles. The van der Waals surface area contributed by atoms with Crippen LogP contribution in [-0.2, 0) is 27.7 Å². The lowest BCUT2D eigenvalue weighted by Gasteiger charge is -2.39. The van der Waals surface area contributed by atoms with E-state index in [1.165, 1.54) is 5.56 Å². The van der Waals surface area contributed by atoms with Gasteiger partial charge in [-0.2, -0.15) is 0 Å². The third-order valence-corrected chi connectivity index (χ3v) is 9.64. The first-order chi connectivity index (χ1) is 20.0. The molecular formula is C31H30Cl2F2N2O4S. The summed E-state index contributed by atoms with van der Waals surface area (Å²) < 4.78 is 60.6. The molecular weight excluding hydrogens is 605 g/mol. The second-order valence-corrected chi connectivity index (χ2v) is 13.3. The molecule has 11 heteroatoms. The Balaban J connectivity index is 1.13. The lowest BCUT2D eigenvalue weighted by molar-refractivity contribution is -0.128. The second-order valence-electron chi connectivity index (χ2n) is 10.9. The molecule has 1 aliphatic carbocycles. The number of carbonyl (C=O) groups is 1. The minimum Gasteiger partial charge on any atom is -0.493 e. The molecule has 0 radical (unpaired) electrons. The Hall–Kier alpha value is -2.98. The molecule has 1 saturated heterocycles. The molecule has 5 rings (SSSR count). The van der Waals surface area contributed by atoms with E-state index < -0.39 is 38.4 Å². The number of nitrogens with one attached hydrogen (secondary N) is 1. The largest absolute Gasteiger partial charge is 0.493 e. The normalized spacial score (nSPS) is 16.5. The first-order valence-electron chi connectivity index (χ1n) is 13.6. The number of fused-ring (bicyclic) bond motifs is 1. The van der Waals surface area contributed by atoms with Gasteiger partial charge in [0.2, 0.25) is 5.91 Å². The van der Waals surface area contributed by atoms with Crippen molar-refractivity contribution in [1.29, 1.82) is 0 Å². The highest BCUT2D eigenvalue weighted by Gasteiger charge is 2.37. The molecule has 3 aromatic carbocycles. The molecule has 6 nitrogen and oxygen atoms in total. The van der Waals surface area contributed by atoms with Crippen molar-refractivity contribution in [2.24, 2.45) is 11.8 Å². The Kier molecular flexibility index (Phi) is 9.23. The smallest absolute Gasteiger partial charge is 0.269 e. The maximum atomic E-state index is 13.9.